The van der Waals surface area contributed by atoms with Gasteiger partial charge in [-0.15, -0.1) is 0 Å². The van der Waals surface area contributed by atoms with Gasteiger partial charge < -0.3 is 38.1 Å². The fourth-order valence-electron chi connectivity index (χ4n) is 3.81. The van der Waals surface area contributed by atoms with Gasteiger partial charge in [-0.2, -0.15) is 0 Å². The minimum Gasteiger partial charge on any atom is -0.370 e. The van der Waals surface area contributed by atoms with Crippen LogP contribution >= 0.6 is 15.9 Å². The quantitative estimate of drug-likeness (QED) is 0.105. The number of halogens is 1. The molecule has 37 heavy (non-hydrogen) atoms. The van der Waals surface area contributed by atoms with E-state index in [4.69, 9.17) is 17.2 Å². The molecule has 3 aromatic rings. The SMILES string of the molecule is Cc1c(C(=O)N[C@H](CCCN=C(N)N)C(=O)NCc2ccc(CNC(N)=O)cc2)[nH]c2ccc(Br)cc12. The molecule has 196 valence electrons. The van der Waals surface area contributed by atoms with Crippen molar-refractivity contribution < 1.29 is 14.4 Å². The van der Waals surface area contributed by atoms with Crippen LogP contribution in [0.25, 0.3) is 10.9 Å². The molecule has 3 rings (SSSR count). The Bertz CT molecular complexity index is 1300. The van der Waals surface area contributed by atoms with Crippen molar-refractivity contribution >= 4 is 50.6 Å². The molecule has 0 saturated heterocycles. The van der Waals surface area contributed by atoms with Gasteiger partial charge in [0.05, 0.1) is 0 Å². The van der Waals surface area contributed by atoms with E-state index in [0.29, 0.717) is 31.6 Å². The Hall–Kier alpha value is -4.06. The molecule has 0 unspecified atom stereocenters. The van der Waals surface area contributed by atoms with Crippen molar-refractivity contribution in [3.63, 3.8) is 0 Å². The van der Waals surface area contributed by atoms with Crippen molar-refractivity contribution in [3.8, 4) is 0 Å². The second kappa shape index (κ2) is 12.8. The highest BCUT2D eigenvalue weighted by molar-refractivity contribution is 9.10. The molecule has 0 fully saturated rings. The summed E-state index contributed by atoms with van der Waals surface area (Å²) >= 11 is 3.45. The van der Waals surface area contributed by atoms with E-state index in [1.165, 1.54) is 0 Å². The first kappa shape index (κ1) is 27.5. The molecule has 1 atom stereocenters. The lowest BCUT2D eigenvalue weighted by atomic mass is 10.1. The highest BCUT2D eigenvalue weighted by Crippen LogP contribution is 2.25. The Morgan fingerprint density at radius 2 is 1.65 bits per heavy atom. The third-order valence-corrected chi connectivity index (χ3v) is 6.26. The first-order valence-electron chi connectivity index (χ1n) is 11.7. The molecule has 0 saturated carbocycles. The number of fused-ring (bicyclic) bond motifs is 1. The van der Waals surface area contributed by atoms with Crippen LogP contribution in [-0.4, -0.2) is 41.4 Å². The van der Waals surface area contributed by atoms with Gasteiger partial charge >= 0.3 is 6.03 Å². The fourth-order valence-corrected chi connectivity index (χ4v) is 4.17. The van der Waals surface area contributed by atoms with E-state index < -0.39 is 12.1 Å². The topological polar surface area (TPSA) is 194 Å². The number of carbonyl (C=O) groups excluding carboxylic acids is 3. The molecular weight excluding hydrogens is 540 g/mol. The molecule has 0 bridgehead atoms. The fraction of sp³-hybridized carbons (Fsp3) is 0.280. The van der Waals surface area contributed by atoms with Gasteiger partial charge in [-0.3, -0.25) is 14.6 Å². The zero-order chi connectivity index (χ0) is 26.9. The second-order valence-corrected chi connectivity index (χ2v) is 9.46. The maximum atomic E-state index is 13.2. The number of nitrogens with two attached hydrogens (primary N) is 3. The lowest BCUT2D eigenvalue weighted by molar-refractivity contribution is -0.123. The van der Waals surface area contributed by atoms with E-state index in [2.05, 4.69) is 41.9 Å². The van der Waals surface area contributed by atoms with E-state index in [1.54, 1.807) is 0 Å². The van der Waals surface area contributed by atoms with Crippen LogP contribution in [0.2, 0.25) is 0 Å². The summed E-state index contributed by atoms with van der Waals surface area (Å²) in [6.07, 6.45) is 0.841. The monoisotopic (exact) mass is 570 g/mol. The molecular formula is C25H31BrN8O3. The van der Waals surface area contributed by atoms with Gasteiger partial charge in [0.2, 0.25) is 5.91 Å². The normalized spacial score (nSPS) is 11.5. The molecule has 0 aliphatic rings. The minimum absolute atomic E-state index is 0.0284. The van der Waals surface area contributed by atoms with Gasteiger partial charge in [0.15, 0.2) is 5.96 Å². The van der Waals surface area contributed by atoms with Crippen LogP contribution in [0.1, 0.15) is 40.0 Å². The summed E-state index contributed by atoms with van der Waals surface area (Å²) in [6, 6.07) is 11.7. The van der Waals surface area contributed by atoms with Gasteiger partial charge in [-0.25, -0.2) is 4.79 Å². The zero-order valence-electron chi connectivity index (χ0n) is 20.4. The van der Waals surface area contributed by atoms with Crippen LogP contribution in [0.3, 0.4) is 0 Å². The summed E-state index contributed by atoms with van der Waals surface area (Å²) < 4.78 is 0.906. The highest BCUT2D eigenvalue weighted by Gasteiger charge is 2.23. The lowest BCUT2D eigenvalue weighted by Gasteiger charge is -2.18. The smallest absolute Gasteiger partial charge is 0.312 e. The average molecular weight is 571 g/mol. The molecule has 1 heterocycles. The molecule has 0 aliphatic carbocycles. The Balaban J connectivity index is 1.68. The number of nitrogens with zero attached hydrogens (tertiary/aromatic N) is 1. The Kier molecular flexibility index (Phi) is 9.50. The Labute approximate surface area is 222 Å². The third kappa shape index (κ3) is 7.97. The number of benzene rings is 2. The van der Waals surface area contributed by atoms with Crippen LogP contribution in [0, 0.1) is 6.92 Å². The predicted molar refractivity (Wildman–Crippen MR) is 147 cm³/mol. The molecule has 11 nitrogen and oxygen atoms in total. The van der Waals surface area contributed by atoms with E-state index in [-0.39, 0.29) is 24.3 Å². The number of aromatic amines is 1. The number of primary amides is 1. The average Bonchev–Trinajstić information content (AvgIpc) is 3.19. The number of nitrogens with one attached hydrogen (secondary N) is 4. The summed E-state index contributed by atoms with van der Waals surface area (Å²) in [5.74, 6) is -0.730. The summed E-state index contributed by atoms with van der Waals surface area (Å²) in [6.45, 7) is 2.77. The van der Waals surface area contributed by atoms with Crippen LogP contribution < -0.4 is 33.2 Å². The van der Waals surface area contributed by atoms with Crippen molar-refractivity contribution in [1.82, 2.24) is 20.9 Å². The maximum absolute atomic E-state index is 13.2. The largest absolute Gasteiger partial charge is 0.370 e. The predicted octanol–water partition coefficient (Wildman–Crippen LogP) is 1.88. The van der Waals surface area contributed by atoms with Crippen LogP contribution in [-0.2, 0) is 17.9 Å². The van der Waals surface area contributed by atoms with Gasteiger partial charge in [0.1, 0.15) is 11.7 Å². The van der Waals surface area contributed by atoms with Crippen molar-refractivity contribution in [2.75, 3.05) is 6.54 Å². The molecule has 2 aromatic carbocycles. The molecule has 10 N–H and O–H groups in total. The molecule has 4 amide bonds. The molecule has 0 spiro atoms. The molecule has 0 aliphatic heterocycles. The van der Waals surface area contributed by atoms with Gasteiger partial charge in [-0.1, -0.05) is 40.2 Å². The Morgan fingerprint density at radius 1 is 1.00 bits per heavy atom. The number of urea groups is 1. The zero-order valence-corrected chi connectivity index (χ0v) is 22.0. The van der Waals surface area contributed by atoms with Crippen molar-refractivity contribution in [1.29, 1.82) is 0 Å². The minimum atomic E-state index is -0.793. The Morgan fingerprint density at radius 3 is 2.27 bits per heavy atom. The summed E-state index contributed by atoms with van der Waals surface area (Å²) in [5, 5.41) is 9.18. The maximum Gasteiger partial charge on any atom is 0.312 e. The number of hydrogen-bond donors (Lipinski definition) is 7. The van der Waals surface area contributed by atoms with E-state index in [1.807, 2.05) is 49.4 Å². The van der Waals surface area contributed by atoms with Gasteiger partial charge in [-0.05, 0) is 54.7 Å². The number of aromatic nitrogens is 1. The number of H-pyrrole nitrogens is 1. The molecule has 1 aromatic heterocycles. The molecule has 12 heteroatoms. The number of carbonyl (C=O) groups is 3. The summed E-state index contributed by atoms with van der Waals surface area (Å²) in [7, 11) is 0. The highest BCUT2D eigenvalue weighted by atomic mass is 79.9. The van der Waals surface area contributed by atoms with Gasteiger partial charge in [0, 0.05) is 35.0 Å². The summed E-state index contributed by atoms with van der Waals surface area (Å²) in [4.78, 5) is 44.2. The van der Waals surface area contributed by atoms with Gasteiger partial charge in [0.25, 0.3) is 5.91 Å². The second-order valence-electron chi connectivity index (χ2n) is 8.54. The number of hydrogen-bond acceptors (Lipinski definition) is 4. The van der Waals surface area contributed by atoms with Crippen LogP contribution in [0.4, 0.5) is 4.79 Å². The first-order valence-corrected chi connectivity index (χ1v) is 12.5. The number of amides is 4. The third-order valence-electron chi connectivity index (χ3n) is 5.77. The van der Waals surface area contributed by atoms with Crippen LogP contribution in [0.15, 0.2) is 51.9 Å². The standard InChI is InChI=1S/C25H31BrN8O3/c1-14-18-11-17(26)8-9-19(18)33-21(14)23(36)34-20(3-2-10-30-24(27)28)22(35)31-12-15-4-6-16(7-5-15)13-32-25(29)37/h4-9,11,20,33H,2-3,10,12-13H2,1H3,(H,31,35)(H,34,36)(H4,27,28,30)(H3,29,32,37)/t20-/m1/s1. The number of guanidine groups is 1. The number of aryl methyl sites for hydroxylation is 1. The van der Waals surface area contributed by atoms with Crippen molar-refractivity contribution in [3.05, 3.63) is 69.3 Å². The molecule has 0 radical (unpaired) electrons. The van der Waals surface area contributed by atoms with E-state index in [9.17, 15) is 14.4 Å². The lowest BCUT2D eigenvalue weighted by Crippen LogP contribution is -2.46. The van der Waals surface area contributed by atoms with Crippen molar-refractivity contribution in [2.24, 2.45) is 22.2 Å². The van der Waals surface area contributed by atoms with Crippen molar-refractivity contribution in [2.45, 2.75) is 38.9 Å². The van der Waals surface area contributed by atoms with E-state index >= 15 is 0 Å². The number of rotatable bonds is 11. The summed E-state index contributed by atoms with van der Waals surface area (Å²) in [5.41, 5.74) is 19.6. The number of aliphatic imine (C=N–C) groups is 1. The van der Waals surface area contributed by atoms with E-state index in [0.717, 1.165) is 32.1 Å². The first-order chi connectivity index (χ1) is 17.6. The van der Waals surface area contributed by atoms with Crippen LogP contribution in [0.5, 0.6) is 0 Å².